The Kier molecular flexibility index (Phi) is 2.92. The van der Waals surface area contributed by atoms with E-state index in [0.717, 1.165) is 0 Å². The summed E-state index contributed by atoms with van der Waals surface area (Å²) in [6.07, 6.45) is 5.53. The Morgan fingerprint density at radius 1 is 1.25 bits per heavy atom. The fourth-order valence-corrected chi connectivity index (χ4v) is 1.79. The van der Waals surface area contributed by atoms with Crippen molar-refractivity contribution in [2.24, 2.45) is 0 Å². The van der Waals surface area contributed by atoms with Gasteiger partial charge in [0.05, 0.1) is 0 Å². The molecule has 0 spiro atoms. The first-order valence-corrected chi connectivity index (χ1v) is 4.63. The van der Waals surface area contributed by atoms with Crippen LogP contribution < -0.4 is 5.32 Å². The van der Waals surface area contributed by atoms with Crippen LogP contribution in [-0.2, 0) is 19.4 Å². The molecule has 0 aromatic rings. The second-order valence-corrected chi connectivity index (χ2v) is 3.93. The van der Waals surface area contributed by atoms with E-state index in [1.807, 2.05) is 0 Å². The van der Waals surface area contributed by atoms with Crippen molar-refractivity contribution in [3.05, 3.63) is 0 Å². The molecule has 1 rings (SSSR count). The van der Waals surface area contributed by atoms with Gasteiger partial charge in [-0.25, -0.2) is 0 Å². The normalized spacial score (nSPS) is 22.8. The van der Waals surface area contributed by atoms with Crippen molar-refractivity contribution in [1.82, 2.24) is 5.32 Å². The zero-order chi connectivity index (χ0) is 5.82. The average Bonchev–Trinajstić information content (AvgIpc) is 1.94. The molecular formula is C6H11NW. The van der Waals surface area contributed by atoms with Crippen molar-refractivity contribution < 1.29 is 19.4 Å². The molecule has 0 unspecified atom stereocenters. The SMILES string of the molecule is [W]=[C]1CCCCCN1. The van der Waals surface area contributed by atoms with E-state index in [-0.39, 0.29) is 0 Å². The molecule has 0 atom stereocenters. The van der Waals surface area contributed by atoms with Crippen LogP contribution in [0.2, 0.25) is 0 Å². The van der Waals surface area contributed by atoms with Gasteiger partial charge >= 0.3 is 60.9 Å². The first kappa shape index (κ1) is 6.64. The Bertz CT molecular complexity index is 80.5. The minimum atomic E-state index is 1.22. The Morgan fingerprint density at radius 2 is 2.12 bits per heavy atom. The van der Waals surface area contributed by atoms with E-state index in [2.05, 4.69) is 5.32 Å². The van der Waals surface area contributed by atoms with Gasteiger partial charge in [-0.2, -0.15) is 0 Å². The van der Waals surface area contributed by atoms with Gasteiger partial charge in [-0.1, -0.05) is 0 Å². The van der Waals surface area contributed by atoms with E-state index in [1.165, 1.54) is 32.2 Å². The van der Waals surface area contributed by atoms with Gasteiger partial charge in [0.1, 0.15) is 0 Å². The Morgan fingerprint density at radius 3 is 3.00 bits per heavy atom. The van der Waals surface area contributed by atoms with Crippen LogP contribution in [0.5, 0.6) is 0 Å². The molecule has 0 aromatic heterocycles. The number of rotatable bonds is 0. The van der Waals surface area contributed by atoms with Crippen molar-refractivity contribution >= 4 is 4.02 Å². The van der Waals surface area contributed by atoms with Gasteiger partial charge in [0.25, 0.3) is 0 Å². The molecule has 1 aliphatic heterocycles. The second-order valence-electron chi connectivity index (χ2n) is 2.16. The fourth-order valence-electron chi connectivity index (χ4n) is 0.904. The molecule has 0 bridgehead atoms. The van der Waals surface area contributed by atoms with Gasteiger partial charge in [0.15, 0.2) is 0 Å². The fraction of sp³-hybridized carbons (Fsp3) is 0.833. The summed E-state index contributed by atoms with van der Waals surface area (Å²) < 4.78 is 1.56. The summed E-state index contributed by atoms with van der Waals surface area (Å²) in [5.41, 5.74) is 0. The summed E-state index contributed by atoms with van der Waals surface area (Å²) in [7, 11) is 0. The summed E-state index contributed by atoms with van der Waals surface area (Å²) in [5.74, 6) is 0. The third kappa shape index (κ3) is 2.19. The molecule has 1 N–H and O–H groups in total. The summed E-state index contributed by atoms with van der Waals surface area (Å²) in [6, 6.07) is 0. The van der Waals surface area contributed by atoms with E-state index in [1.54, 1.807) is 23.4 Å². The van der Waals surface area contributed by atoms with Gasteiger partial charge in [0, 0.05) is 0 Å². The summed E-state index contributed by atoms with van der Waals surface area (Å²) in [5, 5.41) is 3.40. The van der Waals surface area contributed by atoms with E-state index in [0.29, 0.717) is 0 Å². The minimum absolute atomic E-state index is 1.22. The maximum absolute atomic E-state index is 3.40. The van der Waals surface area contributed by atoms with Crippen LogP contribution in [0.15, 0.2) is 0 Å². The Labute approximate surface area is 61.3 Å². The topological polar surface area (TPSA) is 12.0 Å². The van der Waals surface area contributed by atoms with Crippen molar-refractivity contribution in [2.45, 2.75) is 25.7 Å². The zero-order valence-corrected chi connectivity index (χ0v) is 7.88. The monoisotopic (exact) mass is 281 g/mol. The number of hydrogen-bond donors (Lipinski definition) is 1. The summed E-state index contributed by atoms with van der Waals surface area (Å²) in [4.78, 5) is 0. The van der Waals surface area contributed by atoms with Gasteiger partial charge in [-0.05, 0) is 0 Å². The molecule has 1 fully saturated rings. The maximum atomic E-state index is 3.40. The predicted molar refractivity (Wildman–Crippen MR) is 31.5 cm³/mol. The standard InChI is InChI=1S/C6H11N.W/c1-2-4-6-7-5-3-1;/h7H,1-5H2;. The molecule has 0 radical (unpaired) electrons. The molecule has 1 heterocycles. The van der Waals surface area contributed by atoms with Crippen LogP contribution in [0.1, 0.15) is 25.7 Å². The molecular weight excluding hydrogens is 270 g/mol. The summed E-state index contributed by atoms with van der Waals surface area (Å²) >= 11 is 1.63. The third-order valence-corrected chi connectivity index (χ3v) is 2.65. The van der Waals surface area contributed by atoms with Crippen molar-refractivity contribution in [2.75, 3.05) is 6.54 Å². The van der Waals surface area contributed by atoms with E-state index in [9.17, 15) is 0 Å². The van der Waals surface area contributed by atoms with E-state index >= 15 is 0 Å². The Hall–Kier alpha value is 0.518. The molecule has 0 aliphatic carbocycles. The molecule has 0 amide bonds. The van der Waals surface area contributed by atoms with Crippen LogP contribution in [0, 0.1) is 0 Å². The molecule has 1 saturated heterocycles. The van der Waals surface area contributed by atoms with E-state index in [4.69, 9.17) is 0 Å². The zero-order valence-electron chi connectivity index (χ0n) is 4.94. The average molecular weight is 281 g/mol. The van der Waals surface area contributed by atoms with Crippen LogP contribution in [0.3, 0.4) is 0 Å². The van der Waals surface area contributed by atoms with Gasteiger partial charge in [-0.15, -0.1) is 0 Å². The molecule has 46 valence electrons. The molecule has 1 aliphatic rings. The molecule has 0 saturated carbocycles. The van der Waals surface area contributed by atoms with Crippen molar-refractivity contribution in [3.63, 3.8) is 0 Å². The van der Waals surface area contributed by atoms with Crippen molar-refractivity contribution in [1.29, 1.82) is 0 Å². The molecule has 1 nitrogen and oxygen atoms in total. The first-order valence-electron chi connectivity index (χ1n) is 3.16. The third-order valence-electron chi connectivity index (χ3n) is 1.40. The first-order chi connectivity index (χ1) is 3.89. The van der Waals surface area contributed by atoms with Crippen LogP contribution >= 0.6 is 0 Å². The predicted octanol–water partition coefficient (Wildman–Crippen LogP) is 0.827. The quantitative estimate of drug-likeness (QED) is 0.693. The van der Waals surface area contributed by atoms with Crippen LogP contribution in [0.25, 0.3) is 0 Å². The van der Waals surface area contributed by atoms with Gasteiger partial charge in [-0.3, -0.25) is 0 Å². The summed E-state index contributed by atoms with van der Waals surface area (Å²) in [6.45, 7) is 1.22. The van der Waals surface area contributed by atoms with Gasteiger partial charge in [0.2, 0.25) is 0 Å². The molecule has 0 aromatic carbocycles. The van der Waals surface area contributed by atoms with Crippen molar-refractivity contribution in [3.8, 4) is 0 Å². The van der Waals surface area contributed by atoms with Crippen LogP contribution in [-0.4, -0.2) is 10.6 Å². The van der Waals surface area contributed by atoms with E-state index < -0.39 is 0 Å². The molecule has 8 heavy (non-hydrogen) atoms. The second kappa shape index (κ2) is 3.53. The molecule has 2 heteroatoms. The van der Waals surface area contributed by atoms with Crippen LogP contribution in [0.4, 0.5) is 0 Å². The number of hydrogen-bond acceptors (Lipinski definition) is 1. The van der Waals surface area contributed by atoms with Gasteiger partial charge < -0.3 is 0 Å². The Balaban J connectivity index is 2.27. The number of nitrogens with one attached hydrogen (secondary N) is 1.